The van der Waals surface area contributed by atoms with E-state index >= 15 is 0 Å². The first-order valence-electron chi connectivity index (χ1n) is 4.01. The number of piperazine rings is 1. The van der Waals surface area contributed by atoms with Crippen LogP contribution in [0.3, 0.4) is 0 Å². The fourth-order valence-corrected chi connectivity index (χ4v) is 1.24. The average molecular weight is 326 g/mol. The zero-order valence-electron chi connectivity index (χ0n) is 6.81. The standard InChI is InChI=1S/C7H16N3.W/c8-2-1-5-10-6-3-9-4-7-10;/h8-9H,1-7H2;/q-1;. The molecular formula is C7H16N3W-. The van der Waals surface area contributed by atoms with E-state index in [9.17, 15) is 0 Å². The van der Waals surface area contributed by atoms with Crippen molar-refractivity contribution in [2.24, 2.45) is 0 Å². The van der Waals surface area contributed by atoms with Crippen molar-refractivity contribution in [3.8, 4) is 0 Å². The van der Waals surface area contributed by atoms with Gasteiger partial charge in [-0.15, -0.1) is 6.54 Å². The maximum Gasteiger partial charge on any atom is 0.0107 e. The van der Waals surface area contributed by atoms with Gasteiger partial charge in [0.25, 0.3) is 0 Å². The zero-order valence-corrected chi connectivity index (χ0v) is 9.74. The summed E-state index contributed by atoms with van der Waals surface area (Å²) in [5.74, 6) is 0. The average Bonchev–Trinajstić information content (AvgIpc) is 2.03. The van der Waals surface area contributed by atoms with Gasteiger partial charge in [0.1, 0.15) is 0 Å². The minimum absolute atomic E-state index is 0. The van der Waals surface area contributed by atoms with Crippen molar-refractivity contribution >= 4 is 0 Å². The van der Waals surface area contributed by atoms with Gasteiger partial charge in [0.15, 0.2) is 0 Å². The smallest absolute Gasteiger partial charge is 0.0107 e. The molecule has 0 atom stereocenters. The van der Waals surface area contributed by atoms with Crippen LogP contribution in [0.2, 0.25) is 0 Å². The molecule has 0 spiro atoms. The summed E-state index contributed by atoms with van der Waals surface area (Å²) >= 11 is 0. The van der Waals surface area contributed by atoms with E-state index in [-0.39, 0.29) is 21.1 Å². The summed E-state index contributed by atoms with van der Waals surface area (Å²) in [6, 6.07) is 0. The Morgan fingerprint density at radius 1 is 1.27 bits per heavy atom. The Morgan fingerprint density at radius 2 is 1.91 bits per heavy atom. The van der Waals surface area contributed by atoms with E-state index in [0.717, 1.165) is 26.1 Å². The van der Waals surface area contributed by atoms with Crippen LogP contribution < -0.4 is 5.32 Å². The molecule has 0 saturated carbocycles. The molecule has 0 unspecified atom stereocenters. The second kappa shape index (κ2) is 7.23. The number of nitrogens with one attached hydrogen (secondary N) is 2. The molecule has 1 rings (SSSR count). The Labute approximate surface area is 83.0 Å². The predicted molar refractivity (Wildman–Crippen MR) is 43.1 cm³/mol. The molecule has 3 nitrogen and oxygen atoms in total. The van der Waals surface area contributed by atoms with Gasteiger partial charge in [-0.3, -0.25) is 0 Å². The summed E-state index contributed by atoms with van der Waals surface area (Å²) in [5, 5.41) is 3.30. The molecule has 1 saturated heterocycles. The predicted octanol–water partition coefficient (Wildman–Crippen LogP) is 0.331. The first-order chi connectivity index (χ1) is 4.93. The molecule has 0 aromatic heterocycles. The molecule has 1 aliphatic heterocycles. The van der Waals surface area contributed by atoms with Crippen LogP contribution in [0.25, 0.3) is 5.73 Å². The van der Waals surface area contributed by atoms with Gasteiger partial charge in [-0.25, -0.2) is 0 Å². The normalized spacial score (nSPS) is 19.4. The third-order valence-corrected chi connectivity index (χ3v) is 1.86. The van der Waals surface area contributed by atoms with Gasteiger partial charge in [-0.2, -0.15) is 0 Å². The molecule has 0 aromatic rings. The number of hydrogen-bond donors (Lipinski definition) is 1. The van der Waals surface area contributed by atoms with Crippen LogP contribution in [0.1, 0.15) is 6.42 Å². The van der Waals surface area contributed by atoms with Crippen molar-refractivity contribution in [3.63, 3.8) is 0 Å². The van der Waals surface area contributed by atoms with Gasteiger partial charge in [-0.1, -0.05) is 6.42 Å². The second-order valence-corrected chi connectivity index (χ2v) is 2.70. The molecule has 0 radical (unpaired) electrons. The Morgan fingerprint density at radius 3 is 2.45 bits per heavy atom. The van der Waals surface area contributed by atoms with E-state index in [0.29, 0.717) is 6.54 Å². The van der Waals surface area contributed by atoms with E-state index in [1.165, 1.54) is 13.1 Å². The summed E-state index contributed by atoms with van der Waals surface area (Å²) in [6.45, 7) is 6.27. The molecule has 11 heavy (non-hydrogen) atoms. The van der Waals surface area contributed by atoms with Crippen LogP contribution in [-0.4, -0.2) is 44.2 Å². The minimum atomic E-state index is 0. The molecule has 0 aromatic carbocycles. The van der Waals surface area contributed by atoms with Crippen LogP contribution >= 0.6 is 0 Å². The Kier molecular flexibility index (Phi) is 7.60. The minimum Gasteiger partial charge on any atom is -0.677 e. The van der Waals surface area contributed by atoms with Gasteiger partial charge in [0.05, 0.1) is 0 Å². The fraction of sp³-hybridized carbons (Fsp3) is 1.00. The Hall–Kier alpha value is 0.568. The summed E-state index contributed by atoms with van der Waals surface area (Å²) < 4.78 is 0. The molecule has 66 valence electrons. The summed E-state index contributed by atoms with van der Waals surface area (Å²) in [7, 11) is 0. The SMILES string of the molecule is [NH-]CCCN1CCNCC1.[W]. The Balaban J connectivity index is 0.000001000. The first kappa shape index (κ1) is 11.6. The number of nitrogens with zero attached hydrogens (tertiary/aromatic N) is 1. The third-order valence-electron chi connectivity index (χ3n) is 1.86. The van der Waals surface area contributed by atoms with Crippen molar-refractivity contribution in [1.29, 1.82) is 0 Å². The van der Waals surface area contributed by atoms with Crippen molar-refractivity contribution in [2.45, 2.75) is 6.42 Å². The maximum absolute atomic E-state index is 6.98. The first-order valence-corrected chi connectivity index (χ1v) is 4.01. The molecule has 1 aliphatic rings. The number of hydrogen-bond acceptors (Lipinski definition) is 2. The van der Waals surface area contributed by atoms with E-state index in [1.807, 2.05) is 0 Å². The van der Waals surface area contributed by atoms with Crippen molar-refractivity contribution in [3.05, 3.63) is 5.73 Å². The van der Waals surface area contributed by atoms with E-state index < -0.39 is 0 Å². The zero-order chi connectivity index (χ0) is 7.23. The second-order valence-electron chi connectivity index (χ2n) is 2.70. The fourth-order valence-electron chi connectivity index (χ4n) is 1.24. The van der Waals surface area contributed by atoms with Crippen LogP contribution in [0, 0.1) is 0 Å². The van der Waals surface area contributed by atoms with Gasteiger partial charge in [-0.05, 0) is 6.54 Å². The van der Waals surface area contributed by atoms with Crippen molar-refractivity contribution in [2.75, 3.05) is 39.3 Å². The van der Waals surface area contributed by atoms with Crippen LogP contribution in [0.4, 0.5) is 0 Å². The van der Waals surface area contributed by atoms with Gasteiger partial charge in [0.2, 0.25) is 0 Å². The summed E-state index contributed by atoms with van der Waals surface area (Å²) in [6.07, 6.45) is 1.03. The molecule has 0 amide bonds. The molecular weight excluding hydrogens is 310 g/mol. The quantitative estimate of drug-likeness (QED) is 0.812. The van der Waals surface area contributed by atoms with Gasteiger partial charge in [0, 0.05) is 47.2 Å². The van der Waals surface area contributed by atoms with Crippen LogP contribution in [0.5, 0.6) is 0 Å². The third kappa shape index (κ3) is 4.91. The van der Waals surface area contributed by atoms with Gasteiger partial charge < -0.3 is 16.0 Å². The van der Waals surface area contributed by atoms with E-state index in [4.69, 9.17) is 5.73 Å². The summed E-state index contributed by atoms with van der Waals surface area (Å²) in [5.41, 5.74) is 6.98. The topological polar surface area (TPSA) is 39.1 Å². The summed E-state index contributed by atoms with van der Waals surface area (Å²) in [4.78, 5) is 2.42. The van der Waals surface area contributed by atoms with Crippen LogP contribution in [-0.2, 0) is 21.1 Å². The largest absolute Gasteiger partial charge is 0.677 e. The van der Waals surface area contributed by atoms with Crippen LogP contribution in [0.15, 0.2) is 0 Å². The maximum atomic E-state index is 6.98. The number of rotatable bonds is 3. The molecule has 1 heterocycles. The van der Waals surface area contributed by atoms with Gasteiger partial charge >= 0.3 is 0 Å². The van der Waals surface area contributed by atoms with Crippen molar-refractivity contribution in [1.82, 2.24) is 10.2 Å². The molecule has 1 fully saturated rings. The van der Waals surface area contributed by atoms with E-state index in [2.05, 4.69) is 10.2 Å². The molecule has 0 bridgehead atoms. The molecule has 2 N–H and O–H groups in total. The van der Waals surface area contributed by atoms with Crippen molar-refractivity contribution < 1.29 is 21.1 Å². The molecule has 0 aliphatic carbocycles. The van der Waals surface area contributed by atoms with E-state index in [1.54, 1.807) is 0 Å². The Bertz CT molecular complexity index is 83.8. The molecule has 4 heteroatoms. The monoisotopic (exact) mass is 326 g/mol.